The number of anilines is 1. The first kappa shape index (κ1) is 30.0. The Kier molecular flexibility index (Phi) is 7.80. The predicted molar refractivity (Wildman–Crippen MR) is 158 cm³/mol. The smallest absolute Gasteiger partial charge is 0.271 e. The van der Waals surface area contributed by atoms with Gasteiger partial charge >= 0.3 is 0 Å². The maximum atomic E-state index is 15.1. The summed E-state index contributed by atoms with van der Waals surface area (Å²) < 4.78 is 64.7. The lowest BCUT2D eigenvalue weighted by atomic mass is 9.96. The second-order valence-corrected chi connectivity index (χ2v) is 11.7. The molecule has 44 heavy (non-hydrogen) atoms. The molecule has 3 unspecified atom stereocenters. The number of hydrogen-bond acceptors (Lipinski definition) is 6. The van der Waals surface area contributed by atoms with E-state index >= 15 is 4.39 Å². The molecule has 0 spiro atoms. The Morgan fingerprint density at radius 1 is 1.18 bits per heavy atom. The van der Waals surface area contributed by atoms with Crippen LogP contribution < -0.4 is 15.2 Å². The number of aromatic nitrogens is 1. The average molecular weight is 630 g/mol. The Balaban J connectivity index is 1.59. The third kappa shape index (κ3) is 4.88. The van der Waals surface area contributed by atoms with Crippen LogP contribution >= 0.6 is 11.6 Å². The molecule has 0 radical (unpaired) electrons. The molecule has 2 saturated heterocycles. The molecule has 4 atom stereocenters. The minimum Gasteiger partial charge on any atom is -0.488 e. The van der Waals surface area contributed by atoms with Crippen molar-refractivity contribution in [1.29, 1.82) is 5.26 Å². The van der Waals surface area contributed by atoms with Crippen LogP contribution in [0.3, 0.4) is 0 Å². The van der Waals surface area contributed by atoms with Gasteiger partial charge in [-0.15, -0.1) is 0 Å². The topological polar surface area (TPSA) is 81.8 Å². The molecule has 0 bridgehead atoms. The van der Waals surface area contributed by atoms with Crippen molar-refractivity contribution in [3.8, 4) is 22.9 Å². The van der Waals surface area contributed by atoms with E-state index in [-0.39, 0.29) is 83.4 Å². The van der Waals surface area contributed by atoms with Crippen LogP contribution in [-0.4, -0.2) is 84.5 Å². The molecular weight excluding hydrogens is 602 g/mol. The van der Waals surface area contributed by atoms with Crippen molar-refractivity contribution < 1.29 is 27.1 Å². The number of carbonyl (C=O) groups excluding carboxylic acids is 1. The number of likely N-dealkylation sites (tertiary alicyclic amines) is 1. The molecule has 3 aliphatic rings. The van der Waals surface area contributed by atoms with Crippen LogP contribution in [0, 0.1) is 23.0 Å². The van der Waals surface area contributed by atoms with Gasteiger partial charge in [-0.05, 0) is 31.2 Å². The Morgan fingerprint density at radius 2 is 1.91 bits per heavy atom. The molecule has 0 aliphatic carbocycles. The van der Waals surface area contributed by atoms with E-state index in [0.29, 0.717) is 24.5 Å². The molecule has 6 rings (SSSR count). The van der Waals surface area contributed by atoms with E-state index in [0.717, 1.165) is 6.07 Å². The number of benzene rings is 2. The van der Waals surface area contributed by atoms with Crippen LogP contribution in [-0.2, 0) is 4.79 Å². The third-order valence-electron chi connectivity index (χ3n) is 8.60. The number of piperazine rings is 1. The van der Waals surface area contributed by atoms with Crippen LogP contribution in [0.15, 0.2) is 41.7 Å². The van der Waals surface area contributed by atoms with Gasteiger partial charge in [-0.2, -0.15) is 5.26 Å². The highest BCUT2D eigenvalue weighted by molar-refractivity contribution is 6.35. The zero-order chi connectivity index (χ0) is 31.4. The van der Waals surface area contributed by atoms with Crippen molar-refractivity contribution >= 4 is 34.1 Å². The predicted octanol–water partition coefficient (Wildman–Crippen LogP) is 4.62. The van der Waals surface area contributed by atoms with Gasteiger partial charge in [0, 0.05) is 67.9 Å². The quantitative estimate of drug-likeness (QED) is 0.303. The second-order valence-electron chi connectivity index (χ2n) is 11.3. The third-order valence-corrected chi connectivity index (χ3v) is 8.90. The van der Waals surface area contributed by atoms with E-state index in [9.17, 15) is 28.0 Å². The Morgan fingerprint density at radius 3 is 2.55 bits per heavy atom. The maximum absolute atomic E-state index is 15.1. The number of amides is 1. The minimum absolute atomic E-state index is 0.0417. The number of pyridine rings is 1. The lowest BCUT2D eigenvalue weighted by Crippen LogP contribution is -2.54. The van der Waals surface area contributed by atoms with Gasteiger partial charge in [-0.25, -0.2) is 17.6 Å². The maximum Gasteiger partial charge on any atom is 0.271 e. The van der Waals surface area contributed by atoms with Crippen LogP contribution in [0.4, 0.5) is 23.2 Å². The molecule has 4 heterocycles. The number of rotatable bonds is 5. The second kappa shape index (κ2) is 11.4. The van der Waals surface area contributed by atoms with Gasteiger partial charge in [0.1, 0.15) is 42.2 Å². The van der Waals surface area contributed by atoms with Crippen LogP contribution in [0.2, 0.25) is 5.02 Å². The van der Waals surface area contributed by atoms with Gasteiger partial charge < -0.3 is 14.5 Å². The molecule has 0 saturated carbocycles. The molecule has 2 fully saturated rings. The Bertz CT molecular complexity index is 1780. The van der Waals surface area contributed by atoms with Gasteiger partial charge in [0.2, 0.25) is 5.91 Å². The van der Waals surface area contributed by atoms with Gasteiger partial charge in [-0.3, -0.25) is 19.1 Å². The first-order valence-corrected chi connectivity index (χ1v) is 14.5. The zero-order valence-corrected chi connectivity index (χ0v) is 24.5. The number of ether oxygens (including phenoxy) is 1. The number of nitrogens with zero attached hydrogens (tertiary/aromatic N) is 5. The van der Waals surface area contributed by atoms with E-state index in [1.54, 1.807) is 9.80 Å². The number of halogens is 5. The SMILES string of the molecule is C=CC(=O)N1CCN(c2c(C#N)c(=O)n3c4c(c(-c5ccc(F)cc5F)c(Cl)cc24)OCC3CN2CC(F)C(F)C2)[C@@H](C)C1. The molecule has 3 aliphatic heterocycles. The summed E-state index contributed by atoms with van der Waals surface area (Å²) in [6.45, 7) is 5.87. The fourth-order valence-corrected chi connectivity index (χ4v) is 6.87. The summed E-state index contributed by atoms with van der Waals surface area (Å²) in [6, 6.07) is 5.52. The highest BCUT2D eigenvalue weighted by Crippen LogP contribution is 2.48. The van der Waals surface area contributed by atoms with Crippen molar-refractivity contribution in [2.75, 3.05) is 50.8 Å². The van der Waals surface area contributed by atoms with Gasteiger partial charge in [0.25, 0.3) is 5.56 Å². The number of carbonyl (C=O) groups is 1. The molecule has 2 aromatic carbocycles. The highest BCUT2D eigenvalue weighted by Gasteiger charge is 2.39. The summed E-state index contributed by atoms with van der Waals surface area (Å²) in [6.07, 6.45) is -2.11. The van der Waals surface area contributed by atoms with E-state index < -0.39 is 35.6 Å². The zero-order valence-electron chi connectivity index (χ0n) is 23.7. The first-order chi connectivity index (χ1) is 21.0. The summed E-state index contributed by atoms with van der Waals surface area (Å²) in [5.41, 5.74) is -0.260. The fraction of sp³-hybridized carbons (Fsp3) is 0.387. The standard InChI is InChI=1S/C31H28ClF4N5O3/c1-3-26(42)39-6-7-40(16(2)11-39)28-20-9-22(32)27(19-5-4-17(33)8-23(19)34)30-29(20)41(31(43)21(28)10-37)18(15-44-30)12-38-13-24(35)25(36)14-38/h3-5,8-9,16,18,24-25H,1,6-7,11-15H2,2H3/t16-,18?,24?,25?/m0/s1. The van der Waals surface area contributed by atoms with E-state index in [1.807, 2.05) is 11.8 Å². The summed E-state index contributed by atoms with van der Waals surface area (Å²) in [5.74, 6) is -1.86. The lowest BCUT2D eigenvalue weighted by molar-refractivity contribution is -0.126. The largest absolute Gasteiger partial charge is 0.488 e. The summed E-state index contributed by atoms with van der Waals surface area (Å²) in [7, 11) is 0. The van der Waals surface area contributed by atoms with Gasteiger partial charge in [0.15, 0.2) is 5.75 Å². The number of alkyl halides is 2. The fourth-order valence-electron chi connectivity index (χ4n) is 6.58. The molecule has 8 nitrogen and oxygen atoms in total. The van der Waals surface area contributed by atoms with E-state index in [2.05, 4.69) is 12.6 Å². The summed E-state index contributed by atoms with van der Waals surface area (Å²) >= 11 is 6.80. The molecule has 0 N–H and O–H groups in total. The lowest BCUT2D eigenvalue weighted by Gasteiger charge is -2.42. The van der Waals surface area contributed by atoms with Crippen molar-refractivity contribution in [2.45, 2.75) is 31.4 Å². The summed E-state index contributed by atoms with van der Waals surface area (Å²) in [4.78, 5) is 31.6. The Hall–Kier alpha value is -4.08. The van der Waals surface area contributed by atoms with Crippen molar-refractivity contribution in [3.05, 3.63) is 69.5 Å². The van der Waals surface area contributed by atoms with Crippen LogP contribution in [0.1, 0.15) is 18.5 Å². The van der Waals surface area contributed by atoms with Crippen LogP contribution in [0.5, 0.6) is 5.75 Å². The Labute approximate surface area is 255 Å². The number of hydrogen-bond donors (Lipinski definition) is 0. The van der Waals surface area contributed by atoms with Crippen molar-refractivity contribution in [3.63, 3.8) is 0 Å². The molecular formula is C31H28ClF4N5O3. The van der Waals surface area contributed by atoms with E-state index in [4.69, 9.17) is 16.3 Å². The highest BCUT2D eigenvalue weighted by atomic mass is 35.5. The summed E-state index contributed by atoms with van der Waals surface area (Å²) in [5, 5.41) is 10.8. The van der Waals surface area contributed by atoms with Gasteiger partial charge in [-0.1, -0.05) is 18.2 Å². The molecule has 230 valence electrons. The van der Waals surface area contributed by atoms with Gasteiger partial charge in [0.05, 0.1) is 22.3 Å². The van der Waals surface area contributed by atoms with E-state index in [1.165, 1.54) is 22.8 Å². The first-order valence-electron chi connectivity index (χ1n) is 14.2. The minimum atomic E-state index is -1.67. The molecule has 1 aromatic heterocycles. The van der Waals surface area contributed by atoms with Crippen LogP contribution in [0.25, 0.3) is 22.0 Å². The molecule has 13 heteroatoms. The van der Waals surface area contributed by atoms with Crippen molar-refractivity contribution in [2.24, 2.45) is 0 Å². The van der Waals surface area contributed by atoms with Crippen molar-refractivity contribution in [1.82, 2.24) is 14.4 Å². The average Bonchev–Trinajstić information content (AvgIpc) is 3.31. The normalized spacial score (nSPS) is 23.5. The molecule has 1 amide bonds. The monoisotopic (exact) mass is 629 g/mol. The molecule has 3 aromatic rings. The number of nitriles is 1.